The summed E-state index contributed by atoms with van der Waals surface area (Å²) in [4.78, 5) is 77.8. The molecule has 16 nitrogen and oxygen atoms in total. The van der Waals surface area contributed by atoms with E-state index >= 15 is 0 Å². The number of aryl methyl sites for hydroxylation is 2. The minimum Gasteiger partial charge on any atom is -0.351 e. The van der Waals surface area contributed by atoms with Crippen molar-refractivity contribution in [3.8, 4) is 0 Å². The van der Waals surface area contributed by atoms with Gasteiger partial charge >= 0.3 is 5.69 Å². The van der Waals surface area contributed by atoms with Gasteiger partial charge in [0.2, 0.25) is 39.6 Å². The van der Waals surface area contributed by atoms with Gasteiger partial charge in [-0.3, -0.25) is 38.5 Å². The van der Waals surface area contributed by atoms with Crippen molar-refractivity contribution < 1.29 is 27.6 Å². The van der Waals surface area contributed by atoms with E-state index in [2.05, 4.69) is 22.5 Å². The van der Waals surface area contributed by atoms with Crippen molar-refractivity contribution in [2.45, 2.75) is 151 Å². The summed E-state index contributed by atoms with van der Waals surface area (Å²) >= 11 is 0. The molecule has 2 saturated carbocycles. The van der Waals surface area contributed by atoms with Crippen molar-refractivity contribution in [2.24, 2.45) is 13.0 Å². The number of likely N-dealkylation sites (tertiary alicyclic amines) is 1. The fourth-order valence-corrected chi connectivity index (χ4v) is 13.1. The highest BCUT2D eigenvalue weighted by atomic mass is 32.2. The number of benzene rings is 1. The van der Waals surface area contributed by atoms with Crippen LogP contribution in [0.2, 0.25) is 0 Å². The smallest absolute Gasteiger partial charge is 0.329 e. The van der Waals surface area contributed by atoms with Gasteiger partial charge in [0.05, 0.1) is 21.7 Å². The Bertz CT molecular complexity index is 2420. The number of aromatic nitrogens is 4. The van der Waals surface area contributed by atoms with Crippen LogP contribution >= 0.6 is 0 Å². The molecule has 2 aromatic heterocycles. The molecule has 0 radical (unpaired) electrons. The molecule has 62 heavy (non-hydrogen) atoms. The number of fused-ring (bicyclic) bond motifs is 3. The van der Waals surface area contributed by atoms with Gasteiger partial charge in [-0.05, 0) is 94.6 Å². The van der Waals surface area contributed by atoms with Crippen molar-refractivity contribution in [3.63, 3.8) is 0 Å². The van der Waals surface area contributed by atoms with E-state index in [9.17, 15) is 32.4 Å². The number of hydrogen-bond donors (Lipinski definition) is 2. The summed E-state index contributed by atoms with van der Waals surface area (Å²) in [6, 6.07) is 5.25. The van der Waals surface area contributed by atoms with Gasteiger partial charge in [-0.25, -0.2) is 22.5 Å². The van der Waals surface area contributed by atoms with Gasteiger partial charge < -0.3 is 10.2 Å². The molecule has 1 spiro atoms. The van der Waals surface area contributed by atoms with E-state index in [1.54, 1.807) is 20.8 Å². The van der Waals surface area contributed by atoms with Crippen LogP contribution in [0.5, 0.6) is 0 Å². The van der Waals surface area contributed by atoms with Crippen LogP contribution in [0.4, 0.5) is 11.8 Å². The summed E-state index contributed by atoms with van der Waals surface area (Å²) in [5, 5.41) is 5.23. The van der Waals surface area contributed by atoms with Crippen LogP contribution in [0.15, 0.2) is 29.2 Å². The molecule has 3 aromatic rings. The third-order valence-corrected chi connectivity index (χ3v) is 17.2. The Labute approximate surface area is 363 Å². The predicted octanol–water partition coefficient (Wildman–Crippen LogP) is 4.45. The first kappa shape index (κ1) is 42.7. The number of carbonyl (C=O) groups is 4. The number of imide groups is 1. The fourth-order valence-electron chi connectivity index (χ4n) is 11.1. The molecular weight excluding hydrogens is 811 g/mol. The normalized spacial score (nSPS) is 25.5. The Morgan fingerprint density at radius 2 is 1.71 bits per heavy atom. The van der Waals surface area contributed by atoms with Crippen LogP contribution in [-0.2, 0) is 48.1 Å². The SMILES string of the molecule is CC1CCCC1N1C(=O)C2(CC2)c2cnc(NC3CCN(S(=O)(=O)C4CCCN(C(=O)CCCCCCCc5cccc6c5n(C)c(=O)n6C5CCC(=O)NC5=O)C4)CC3)nc21. The average molecular weight is 872 g/mol. The zero-order chi connectivity index (χ0) is 43.3. The molecule has 2 aliphatic carbocycles. The molecule has 1 aromatic carbocycles. The summed E-state index contributed by atoms with van der Waals surface area (Å²) in [5.41, 5.74) is 2.80. The number of nitrogens with zero attached hydrogens (tertiary/aromatic N) is 7. The molecule has 17 heteroatoms. The number of unbranched alkanes of at least 4 members (excludes halogenated alkanes) is 4. The molecule has 4 amide bonds. The number of sulfonamides is 1. The second kappa shape index (κ2) is 17.1. The molecule has 6 heterocycles. The van der Waals surface area contributed by atoms with Crippen LogP contribution in [0.3, 0.4) is 0 Å². The average Bonchev–Trinajstić information content (AvgIpc) is 3.83. The van der Waals surface area contributed by atoms with Crippen LogP contribution in [-0.4, -0.2) is 104 Å². The Balaban J connectivity index is 0.713. The summed E-state index contributed by atoms with van der Waals surface area (Å²) in [6.45, 7) is 3.83. The standard InChI is InChI=1S/C45H61N9O7S/c1-29-11-8-15-34(29)54-40-33(45(22-23-45)42(54)58)27-46-43(49-40)47-31-20-25-52(26-21-31)62(60,61)32-14-10-24-51(28-32)38(56)17-7-5-3-4-6-12-30-13-9-16-35-39(30)50(2)44(59)53(35)36-18-19-37(55)48-41(36)57/h9,13,16,27,29,31-32,34,36H,3-8,10-12,14-15,17-26,28H2,1-2H3,(H,46,47,49)(H,48,55,57). The summed E-state index contributed by atoms with van der Waals surface area (Å²) < 4.78 is 32.6. The van der Waals surface area contributed by atoms with Crippen LogP contribution in [0, 0.1) is 5.92 Å². The van der Waals surface area contributed by atoms with Crippen molar-refractivity contribution >= 4 is 56.5 Å². The number of nitrogens with one attached hydrogen (secondary N) is 2. The van der Waals surface area contributed by atoms with Crippen molar-refractivity contribution in [3.05, 3.63) is 46.0 Å². The first-order valence-corrected chi connectivity index (χ1v) is 24.6. The minimum atomic E-state index is -3.59. The van der Waals surface area contributed by atoms with E-state index in [4.69, 9.17) is 4.98 Å². The number of anilines is 2. The summed E-state index contributed by atoms with van der Waals surface area (Å²) in [6.07, 6.45) is 15.4. The molecule has 6 aliphatic rings. The molecule has 4 atom stereocenters. The van der Waals surface area contributed by atoms with Crippen LogP contribution in [0.1, 0.15) is 133 Å². The number of carbonyl (C=O) groups excluding carboxylic acids is 4. The first-order chi connectivity index (χ1) is 29.9. The topological polar surface area (TPSA) is 189 Å². The lowest BCUT2D eigenvalue weighted by molar-refractivity contribution is -0.136. The summed E-state index contributed by atoms with van der Waals surface area (Å²) in [5.74, 6) is 1.14. The molecule has 4 unspecified atom stereocenters. The van der Waals surface area contributed by atoms with E-state index in [-0.39, 0.29) is 48.5 Å². The number of piperidine rings is 3. The third kappa shape index (κ3) is 7.85. The van der Waals surface area contributed by atoms with Crippen molar-refractivity contribution in [1.29, 1.82) is 0 Å². The van der Waals surface area contributed by atoms with Gasteiger partial charge in [-0.15, -0.1) is 0 Å². The lowest BCUT2D eigenvalue weighted by Crippen LogP contribution is -2.52. The van der Waals surface area contributed by atoms with Crippen LogP contribution < -0.4 is 21.2 Å². The Morgan fingerprint density at radius 1 is 0.935 bits per heavy atom. The maximum atomic E-state index is 13.9. The van der Waals surface area contributed by atoms with E-state index < -0.39 is 32.6 Å². The highest BCUT2D eigenvalue weighted by Crippen LogP contribution is 2.58. The number of hydrogen-bond acceptors (Lipinski definition) is 10. The van der Waals surface area contributed by atoms with Gasteiger partial charge in [0.15, 0.2) is 0 Å². The maximum Gasteiger partial charge on any atom is 0.329 e. The quantitative estimate of drug-likeness (QED) is 0.173. The van der Waals surface area contributed by atoms with Gasteiger partial charge in [0, 0.05) is 69.9 Å². The molecule has 2 N–H and O–H groups in total. The first-order valence-electron chi connectivity index (χ1n) is 23.1. The zero-order valence-corrected chi connectivity index (χ0v) is 37.0. The van der Waals surface area contributed by atoms with Crippen molar-refractivity contribution in [2.75, 3.05) is 36.4 Å². The Hall–Kier alpha value is -4.64. The second-order valence-corrected chi connectivity index (χ2v) is 21.1. The molecule has 4 aliphatic heterocycles. The highest BCUT2D eigenvalue weighted by Gasteiger charge is 2.62. The van der Waals surface area contributed by atoms with E-state index in [0.29, 0.717) is 75.5 Å². The zero-order valence-electron chi connectivity index (χ0n) is 36.1. The number of rotatable bonds is 14. The number of amides is 4. The third-order valence-electron chi connectivity index (χ3n) is 14.9. The molecule has 9 rings (SSSR count). The minimum absolute atomic E-state index is 0.0130. The van der Waals surface area contributed by atoms with Crippen molar-refractivity contribution in [1.82, 2.24) is 33.6 Å². The lowest BCUT2D eigenvalue weighted by atomic mass is 10.0. The van der Waals surface area contributed by atoms with E-state index in [0.717, 1.165) is 93.1 Å². The fraction of sp³-hybridized carbons (Fsp3) is 0.667. The number of imidazole rings is 1. The molecule has 334 valence electrons. The van der Waals surface area contributed by atoms with Crippen LogP contribution in [0.25, 0.3) is 11.0 Å². The highest BCUT2D eigenvalue weighted by molar-refractivity contribution is 7.89. The monoisotopic (exact) mass is 871 g/mol. The van der Waals surface area contributed by atoms with E-state index in [1.807, 2.05) is 29.3 Å². The Morgan fingerprint density at radius 3 is 2.45 bits per heavy atom. The number of para-hydroxylation sites is 1. The molecule has 5 fully saturated rings. The molecule has 3 saturated heterocycles. The predicted molar refractivity (Wildman–Crippen MR) is 234 cm³/mol. The second-order valence-electron chi connectivity index (χ2n) is 18.9. The van der Waals surface area contributed by atoms with E-state index in [1.165, 1.54) is 4.57 Å². The van der Waals surface area contributed by atoms with Gasteiger partial charge in [0.1, 0.15) is 11.9 Å². The molecular formula is C45H61N9O7S. The van der Waals surface area contributed by atoms with Gasteiger partial charge in [-0.1, -0.05) is 44.7 Å². The Kier molecular flexibility index (Phi) is 11.8. The van der Waals surface area contributed by atoms with Gasteiger partial charge in [-0.2, -0.15) is 4.98 Å². The lowest BCUT2D eigenvalue weighted by Gasteiger charge is -2.38. The summed E-state index contributed by atoms with van der Waals surface area (Å²) in [7, 11) is -1.87. The molecule has 0 bridgehead atoms. The largest absolute Gasteiger partial charge is 0.351 e. The maximum absolute atomic E-state index is 13.9. The van der Waals surface area contributed by atoms with Gasteiger partial charge in [0.25, 0.3) is 0 Å².